The van der Waals surface area contributed by atoms with Crippen LogP contribution in [0.25, 0.3) is 55.8 Å². The fraction of sp³-hybridized carbons (Fsp3) is 0.207. The van der Waals surface area contributed by atoms with Gasteiger partial charge in [0.25, 0.3) is 0 Å². The third-order valence-corrected chi connectivity index (χ3v) is 7.20. The number of piperidine rings is 1. The molecule has 1 aliphatic rings. The fourth-order valence-electron chi connectivity index (χ4n) is 5.33. The van der Waals surface area contributed by atoms with E-state index in [1.165, 1.54) is 37.0 Å². The molecule has 1 fully saturated rings. The van der Waals surface area contributed by atoms with Crippen molar-refractivity contribution in [1.29, 1.82) is 0 Å². The van der Waals surface area contributed by atoms with Crippen molar-refractivity contribution in [3.8, 4) is 39.7 Å². The molecule has 0 spiro atoms. The number of likely N-dealkylation sites (tertiary alicyclic amines) is 1. The Labute approximate surface area is 222 Å². The lowest BCUT2D eigenvalue weighted by Gasteiger charge is -2.26. The van der Waals surface area contributed by atoms with Crippen molar-refractivity contribution in [2.45, 2.75) is 25.8 Å². The van der Waals surface area contributed by atoms with Crippen molar-refractivity contribution in [1.82, 2.24) is 40.0 Å². The second kappa shape index (κ2) is 9.55. The van der Waals surface area contributed by atoms with Crippen molar-refractivity contribution in [3.05, 3.63) is 72.7 Å². The van der Waals surface area contributed by atoms with Crippen molar-refractivity contribution in [2.75, 3.05) is 13.1 Å². The van der Waals surface area contributed by atoms with Crippen LogP contribution in [0.4, 0.5) is 4.39 Å². The molecule has 7 rings (SSSR count). The Balaban J connectivity index is 1.26. The Kier molecular flexibility index (Phi) is 5.74. The van der Waals surface area contributed by atoms with E-state index in [2.05, 4.69) is 41.1 Å². The number of aromatic hydroxyl groups is 1. The molecule has 1 saturated heterocycles. The van der Waals surface area contributed by atoms with Gasteiger partial charge in [0.2, 0.25) is 0 Å². The molecule has 0 atom stereocenters. The Bertz CT molecular complexity index is 1800. The van der Waals surface area contributed by atoms with Crippen LogP contribution in [-0.2, 0) is 6.54 Å². The van der Waals surface area contributed by atoms with Crippen LogP contribution in [0, 0.1) is 5.82 Å². The maximum absolute atomic E-state index is 14.0. The number of hydrogen-bond acceptors (Lipinski definition) is 7. The molecule has 0 saturated carbocycles. The van der Waals surface area contributed by atoms with Crippen molar-refractivity contribution in [2.24, 2.45) is 0 Å². The third kappa shape index (κ3) is 4.48. The summed E-state index contributed by atoms with van der Waals surface area (Å²) in [5.41, 5.74) is 6.69. The minimum Gasteiger partial charge on any atom is -0.508 e. The van der Waals surface area contributed by atoms with Gasteiger partial charge in [-0.1, -0.05) is 6.42 Å². The van der Waals surface area contributed by atoms with E-state index in [0.717, 1.165) is 47.9 Å². The number of imidazole rings is 1. The standard InChI is InChI=1S/C29H25FN8O/c30-20-7-18(8-21(39)9-20)23-13-32-14-26-27(23)35-29(34-26)28-22-10-24(33-15-25(22)36-37-28)19-6-17(11-31-12-19)16-38-4-2-1-3-5-38/h6-15,39H,1-5,16H2,(H,34,35)(H,36,37). The highest BCUT2D eigenvalue weighted by atomic mass is 19.1. The molecule has 6 aromatic rings. The highest BCUT2D eigenvalue weighted by Gasteiger charge is 2.18. The van der Waals surface area contributed by atoms with E-state index < -0.39 is 5.82 Å². The summed E-state index contributed by atoms with van der Waals surface area (Å²) in [5.74, 6) is -0.156. The monoisotopic (exact) mass is 520 g/mol. The maximum atomic E-state index is 14.0. The molecule has 10 heteroatoms. The molecular weight excluding hydrogens is 495 g/mol. The van der Waals surface area contributed by atoms with Gasteiger partial charge in [-0.3, -0.25) is 25.0 Å². The molecule has 0 radical (unpaired) electrons. The number of phenols is 1. The summed E-state index contributed by atoms with van der Waals surface area (Å²) in [6, 6.07) is 8.05. The Morgan fingerprint density at radius 3 is 2.62 bits per heavy atom. The zero-order valence-corrected chi connectivity index (χ0v) is 21.0. The van der Waals surface area contributed by atoms with Gasteiger partial charge in [0.15, 0.2) is 5.82 Å². The number of rotatable bonds is 5. The van der Waals surface area contributed by atoms with Crippen LogP contribution < -0.4 is 0 Å². The number of aromatic nitrogens is 7. The van der Waals surface area contributed by atoms with E-state index in [1.54, 1.807) is 18.6 Å². The zero-order chi connectivity index (χ0) is 26.3. The zero-order valence-electron chi connectivity index (χ0n) is 21.0. The third-order valence-electron chi connectivity index (χ3n) is 7.20. The van der Waals surface area contributed by atoms with E-state index in [1.807, 2.05) is 18.5 Å². The van der Waals surface area contributed by atoms with Crippen molar-refractivity contribution >= 4 is 21.9 Å². The molecule has 1 aromatic carbocycles. The molecule has 1 aliphatic heterocycles. The summed E-state index contributed by atoms with van der Waals surface area (Å²) in [6.07, 6.45) is 12.6. The summed E-state index contributed by atoms with van der Waals surface area (Å²) in [4.78, 5) is 24.0. The van der Waals surface area contributed by atoms with Gasteiger partial charge in [-0.05, 0) is 61.3 Å². The number of phenolic OH excluding ortho intramolecular Hbond substituents is 1. The number of hydrogen-bond donors (Lipinski definition) is 3. The Morgan fingerprint density at radius 1 is 0.872 bits per heavy atom. The van der Waals surface area contributed by atoms with Gasteiger partial charge in [-0.2, -0.15) is 5.10 Å². The topological polar surface area (TPSA) is 120 Å². The molecule has 194 valence electrons. The van der Waals surface area contributed by atoms with E-state index in [4.69, 9.17) is 4.98 Å². The summed E-state index contributed by atoms with van der Waals surface area (Å²) in [5, 5.41) is 18.3. The van der Waals surface area contributed by atoms with Crippen molar-refractivity contribution < 1.29 is 9.50 Å². The van der Waals surface area contributed by atoms with Crippen LogP contribution >= 0.6 is 0 Å². The molecule has 0 unspecified atom stereocenters. The second-order valence-electron chi connectivity index (χ2n) is 9.97. The van der Waals surface area contributed by atoms with Gasteiger partial charge < -0.3 is 10.1 Å². The molecular formula is C29H25FN8O. The van der Waals surface area contributed by atoms with Crippen molar-refractivity contribution in [3.63, 3.8) is 0 Å². The van der Waals surface area contributed by atoms with E-state index in [0.29, 0.717) is 33.7 Å². The first kappa shape index (κ1) is 23.4. The van der Waals surface area contributed by atoms with Crippen LogP contribution in [0.3, 0.4) is 0 Å². The largest absolute Gasteiger partial charge is 0.508 e. The minimum absolute atomic E-state index is 0.162. The fourth-order valence-corrected chi connectivity index (χ4v) is 5.33. The number of pyridine rings is 3. The summed E-state index contributed by atoms with van der Waals surface area (Å²) in [6.45, 7) is 3.14. The average molecular weight is 521 g/mol. The van der Waals surface area contributed by atoms with E-state index in [9.17, 15) is 9.50 Å². The number of H-pyrrole nitrogens is 2. The summed E-state index contributed by atoms with van der Waals surface area (Å²) in [7, 11) is 0. The predicted molar refractivity (Wildman–Crippen MR) is 146 cm³/mol. The van der Waals surface area contributed by atoms with Crippen LogP contribution in [0.2, 0.25) is 0 Å². The van der Waals surface area contributed by atoms with Gasteiger partial charge in [-0.25, -0.2) is 9.37 Å². The molecule has 9 nitrogen and oxygen atoms in total. The second-order valence-corrected chi connectivity index (χ2v) is 9.97. The van der Waals surface area contributed by atoms with Gasteiger partial charge in [0, 0.05) is 47.7 Å². The molecule has 6 heterocycles. The number of fused-ring (bicyclic) bond motifs is 2. The van der Waals surface area contributed by atoms with Crippen LogP contribution in [0.1, 0.15) is 24.8 Å². The van der Waals surface area contributed by atoms with E-state index >= 15 is 0 Å². The molecule has 3 N–H and O–H groups in total. The van der Waals surface area contributed by atoms with Gasteiger partial charge in [-0.15, -0.1) is 0 Å². The molecule has 0 amide bonds. The Hall–Kier alpha value is -4.70. The van der Waals surface area contributed by atoms with Crippen LogP contribution in [0.15, 0.2) is 61.3 Å². The number of aromatic amines is 2. The lowest BCUT2D eigenvalue weighted by atomic mass is 10.1. The minimum atomic E-state index is -0.537. The number of halogens is 1. The van der Waals surface area contributed by atoms with Crippen LogP contribution in [0.5, 0.6) is 5.75 Å². The molecule has 0 aliphatic carbocycles. The molecule has 39 heavy (non-hydrogen) atoms. The average Bonchev–Trinajstić information content (AvgIpc) is 3.57. The maximum Gasteiger partial charge on any atom is 0.159 e. The lowest BCUT2D eigenvalue weighted by Crippen LogP contribution is -2.29. The normalized spacial score (nSPS) is 14.4. The highest BCUT2D eigenvalue weighted by molar-refractivity contribution is 5.97. The number of nitrogens with one attached hydrogen (secondary N) is 2. The number of nitrogens with zero attached hydrogens (tertiary/aromatic N) is 6. The van der Waals surface area contributed by atoms with Gasteiger partial charge >= 0.3 is 0 Å². The quantitative estimate of drug-likeness (QED) is 0.276. The highest BCUT2D eigenvalue weighted by Crippen LogP contribution is 2.33. The molecule has 0 bridgehead atoms. The summed E-state index contributed by atoms with van der Waals surface area (Å²) >= 11 is 0. The SMILES string of the molecule is Oc1cc(F)cc(-c2cncc3[nH]c(-c4n[nH]c5cnc(-c6cncc(CN7CCCCC7)c6)cc45)nc23)c1. The van der Waals surface area contributed by atoms with Gasteiger partial charge in [0.05, 0.1) is 34.6 Å². The first-order valence-electron chi connectivity index (χ1n) is 13.0. The summed E-state index contributed by atoms with van der Waals surface area (Å²) < 4.78 is 14.0. The predicted octanol–water partition coefficient (Wildman–Crippen LogP) is 5.46. The first-order valence-corrected chi connectivity index (χ1v) is 13.0. The smallest absolute Gasteiger partial charge is 0.159 e. The van der Waals surface area contributed by atoms with E-state index in [-0.39, 0.29) is 5.75 Å². The van der Waals surface area contributed by atoms with Crippen LogP contribution in [-0.4, -0.2) is 58.2 Å². The lowest BCUT2D eigenvalue weighted by molar-refractivity contribution is 0.220. The molecule has 5 aromatic heterocycles. The van der Waals surface area contributed by atoms with Gasteiger partial charge in [0.1, 0.15) is 17.3 Å². The Morgan fingerprint density at radius 2 is 1.74 bits per heavy atom. The number of benzene rings is 1. The first-order chi connectivity index (χ1) is 19.1.